The number of nitrogens with zero attached hydrogens (tertiary/aromatic N) is 1. The van der Waals surface area contributed by atoms with Crippen molar-refractivity contribution in [1.82, 2.24) is 0 Å². The Morgan fingerprint density at radius 2 is 1.29 bits per heavy atom. The molecule has 0 saturated heterocycles. The molecular formula is C35H33NO10S3. The average Bonchev–Trinajstić information content (AvgIpc) is 3.49. The van der Waals surface area contributed by atoms with Crippen molar-refractivity contribution < 1.29 is 47.7 Å². The predicted octanol–water partition coefficient (Wildman–Crippen LogP) is 5.63. The highest BCUT2D eigenvalue weighted by Gasteiger charge is 2.61. The van der Waals surface area contributed by atoms with E-state index in [1.807, 2.05) is 31.2 Å². The van der Waals surface area contributed by atoms with Crippen LogP contribution in [0, 0.1) is 6.92 Å². The van der Waals surface area contributed by atoms with Gasteiger partial charge in [-0.2, -0.15) is 0 Å². The lowest BCUT2D eigenvalue weighted by Crippen LogP contribution is -2.53. The summed E-state index contributed by atoms with van der Waals surface area (Å²) >= 11 is 2.69. The van der Waals surface area contributed by atoms with Gasteiger partial charge in [0.25, 0.3) is 5.91 Å². The maximum atomic E-state index is 14.3. The van der Waals surface area contributed by atoms with E-state index in [1.54, 1.807) is 43.0 Å². The highest BCUT2D eigenvalue weighted by atomic mass is 32.2. The topological polar surface area (TPSA) is 135 Å². The lowest BCUT2D eigenvalue weighted by molar-refractivity contribution is -0.138. The lowest BCUT2D eigenvalue weighted by atomic mass is 9.83. The summed E-state index contributed by atoms with van der Waals surface area (Å²) in [6.45, 7) is 5.59. The van der Waals surface area contributed by atoms with Crippen LogP contribution in [0.3, 0.4) is 0 Å². The average molecular weight is 724 g/mol. The molecule has 0 saturated carbocycles. The quantitative estimate of drug-likeness (QED) is 0.199. The van der Waals surface area contributed by atoms with E-state index in [2.05, 4.69) is 0 Å². The summed E-state index contributed by atoms with van der Waals surface area (Å²) in [7, 11) is 6.17. The first-order valence-corrected chi connectivity index (χ1v) is 17.1. The van der Waals surface area contributed by atoms with Gasteiger partial charge in [-0.3, -0.25) is 9.69 Å². The number of hydrogen-bond acceptors (Lipinski definition) is 13. The molecule has 3 heterocycles. The number of benzene rings is 2. The number of aryl methyl sites for hydroxylation is 1. The van der Waals surface area contributed by atoms with Gasteiger partial charge in [-0.05, 0) is 44.5 Å². The Balaban J connectivity index is 1.83. The van der Waals surface area contributed by atoms with E-state index in [0.717, 1.165) is 67.7 Å². The second kappa shape index (κ2) is 13.8. The molecule has 5 rings (SSSR count). The number of esters is 4. The number of methoxy groups -OCH3 is 5. The summed E-state index contributed by atoms with van der Waals surface area (Å²) in [5.74, 6) is -3.35. The normalized spacial score (nSPS) is 17.5. The number of carbonyl (C=O) groups excluding carboxylic acids is 5. The Morgan fingerprint density at radius 3 is 1.82 bits per heavy atom. The fourth-order valence-corrected chi connectivity index (χ4v) is 10.8. The molecule has 0 aromatic heterocycles. The molecule has 0 N–H and O–H groups in total. The second-order valence-electron chi connectivity index (χ2n) is 11.3. The third kappa shape index (κ3) is 6.06. The monoisotopic (exact) mass is 723 g/mol. The molecule has 3 aliphatic rings. The molecule has 0 atom stereocenters. The minimum atomic E-state index is -1.68. The first-order chi connectivity index (χ1) is 23.3. The highest BCUT2D eigenvalue weighted by Crippen LogP contribution is 2.71. The van der Waals surface area contributed by atoms with Gasteiger partial charge in [0.2, 0.25) is 0 Å². The molecule has 256 valence electrons. The van der Waals surface area contributed by atoms with Crippen LogP contribution in [-0.4, -0.2) is 75.0 Å². The molecule has 0 unspecified atom stereocenters. The molecule has 1 spiro atoms. The highest BCUT2D eigenvalue weighted by molar-refractivity contribution is 8.26. The summed E-state index contributed by atoms with van der Waals surface area (Å²) < 4.78 is 24.4. The Bertz CT molecular complexity index is 1880. The van der Waals surface area contributed by atoms with Crippen LogP contribution in [-0.2, 0) is 42.9 Å². The second-order valence-corrected chi connectivity index (χ2v) is 15.0. The number of hydrogen-bond donors (Lipinski definition) is 0. The molecule has 14 heteroatoms. The van der Waals surface area contributed by atoms with Gasteiger partial charge < -0.3 is 23.7 Å². The predicted molar refractivity (Wildman–Crippen MR) is 189 cm³/mol. The first kappa shape index (κ1) is 35.9. The smallest absolute Gasteiger partial charge is 0.345 e. The van der Waals surface area contributed by atoms with Crippen LogP contribution in [0.15, 0.2) is 73.7 Å². The molecule has 11 nitrogen and oxygen atoms in total. The van der Waals surface area contributed by atoms with E-state index >= 15 is 0 Å². The van der Waals surface area contributed by atoms with Gasteiger partial charge in [-0.15, -0.1) is 0 Å². The number of amides is 1. The summed E-state index contributed by atoms with van der Waals surface area (Å²) in [5, 5.41) is 0. The lowest BCUT2D eigenvalue weighted by Gasteiger charge is -2.50. The van der Waals surface area contributed by atoms with Gasteiger partial charge in [0.05, 0.1) is 52.3 Å². The maximum Gasteiger partial charge on any atom is 0.345 e. The van der Waals surface area contributed by atoms with Crippen LogP contribution in [0.1, 0.15) is 30.5 Å². The van der Waals surface area contributed by atoms with Crippen molar-refractivity contribution in [2.45, 2.75) is 30.4 Å². The summed E-state index contributed by atoms with van der Waals surface area (Å²) in [6.07, 6.45) is 3.18. The summed E-state index contributed by atoms with van der Waals surface area (Å²) in [5.41, 5.74) is 1.93. The van der Waals surface area contributed by atoms with Gasteiger partial charge in [0.1, 0.15) is 24.5 Å². The fourth-order valence-electron chi connectivity index (χ4n) is 5.73. The third-order valence-electron chi connectivity index (χ3n) is 8.06. The molecule has 1 amide bonds. The standard InChI is InChI=1S/C35H33NO10S3/c1-18-9-11-19(12-10-18)13-16-23(37)36-22-17-20(42-4)14-15-21(22)24-29(34(36,2)3)47-26(31(39)44-6)25(30(38)43-5)35(24)48-27(32(40)45-7)28(49-35)33(41)46-8/h9-17H,1-8H3/b16-13+. The molecule has 0 radical (unpaired) electrons. The Morgan fingerprint density at radius 1 is 0.735 bits per heavy atom. The zero-order valence-corrected chi connectivity index (χ0v) is 30.4. The van der Waals surface area contributed by atoms with Crippen LogP contribution in [0.4, 0.5) is 5.69 Å². The SMILES string of the molecule is COC(=O)C1=C(C(=O)OC)SC2(S1)C(C(=O)OC)=C(C(=O)OC)SC1=C2c2ccc(OC)cc2N(C(=O)/C=C/c2ccc(C)cc2)C1(C)C. The van der Waals surface area contributed by atoms with Crippen molar-refractivity contribution in [2.75, 3.05) is 40.4 Å². The number of anilines is 1. The van der Waals surface area contributed by atoms with Crippen molar-refractivity contribution >= 4 is 82.4 Å². The molecule has 0 fully saturated rings. The zero-order chi connectivity index (χ0) is 35.8. The van der Waals surface area contributed by atoms with E-state index < -0.39 is 33.5 Å². The largest absolute Gasteiger partial charge is 0.497 e. The molecule has 49 heavy (non-hydrogen) atoms. The van der Waals surface area contributed by atoms with Crippen LogP contribution in [0.2, 0.25) is 0 Å². The number of carbonyl (C=O) groups is 5. The molecular weight excluding hydrogens is 691 g/mol. The summed E-state index contributed by atoms with van der Waals surface area (Å²) in [6, 6.07) is 12.8. The van der Waals surface area contributed by atoms with Crippen LogP contribution >= 0.6 is 35.3 Å². The molecule has 0 bridgehead atoms. The van der Waals surface area contributed by atoms with E-state index in [0.29, 0.717) is 27.5 Å². The number of ether oxygens (including phenoxy) is 5. The van der Waals surface area contributed by atoms with Crippen LogP contribution < -0.4 is 9.64 Å². The number of thioether (sulfide) groups is 3. The zero-order valence-electron chi connectivity index (χ0n) is 28.0. The Hall–Kier alpha value is -4.40. The van der Waals surface area contributed by atoms with Gasteiger partial charge in [-0.1, -0.05) is 65.1 Å². The van der Waals surface area contributed by atoms with E-state index in [-0.39, 0.29) is 26.2 Å². The van der Waals surface area contributed by atoms with Gasteiger partial charge in [-0.25, -0.2) is 19.2 Å². The van der Waals surface area contributed by atoms with Crippen molar-refractivity contribution in [1.29, 1.82) is 0 Å². The molecule has 3 aliphatic heterocycles. The molecule has 0 aliphatic carbocycles. The van der Waals surface area contributed by atoms with Crippen molar-refractivity contribution in [3.63, 3.8) is 0 Å². The van der Waals surface area contributed by atoms with Crippen molar-refractivity contribution in [3.05, 3.63) is 90.4 Å². The minimum Gasteiger partial charge on any atom is -0.497 e. The number of fused-ring (bicyclic) bond motifs is 3. The van der Waals surface area contributed by atoms with Crippen molar-refractivity contribution in [3.8, 4) is 5.75 Å². The first-order valence-electron chi connectivity index (χ1n) is 14.7. The molecule has 2 aromatic rings. The fraction of sp³-hybridized carbons (Fsp3) is 0.286. The Kier molecular flexibility index (Phi) is 10.1. The third-order valence-corrected chi connectivity index (χ3v) is 12.7. The van der Waals surface area contributed by atoms with E-state index in [1.165, 1.54) is 20.3 Å². The van der Waals surface area contributed by atoms with Crippen LogP contribution in [0.25, 0.3) is 11.6 Å². The Labute approximate surface area is 296 Å². The summed E-state index contributed by atoms with van der Waals surface area (Å²) in [4.78, 5) is 69.8. The minimum absolute atomic E-state index is 0.129. The van der Waals surface area contributed by atoms with Gasteiger partial charge >= 0.3 is 23.9 Å². The number of rotatable bonds is 7. The maximum absolute atomic E-state index is 14.3. The van der Waals surface area contributed by atoms with Crippen molar-refractivity contribution in [2.24, 2.45) is 0 Å². The van der Waals surface area contributed by atoms with Gasteiger partial charge in [0, 0.05) is 28.2 Å². The van der Waals surface area contributed by atoms with E-state index in [4.69, 9.17) is 23.7 Å². The van der Waals surface area contributed by atoms with E-state index in [9.17, 15) is 24.0 Å². The van der Waals surface area contributed by atoms with Gasteiger partial charge in [0.15, 0.2) is 0 Å². The molecule has 2 aromatic carbocycles. The van der Waals surface area contributed by atoms with Crippen LogP contribution in [0.5, 0.6) is 5.75 Å².